The summed E-state index contributed by atoms with van der Waals surface area (Å²) in [5, 5.41) is 0. The van der Waals surface area contributed by atoms with Gasteiger partial charge in [-0.05, 0) is 50.5 Å². The van der Waals surface area contributed by atoms with Crippen LogP contribution in [-0.4, -0.2) is 28.3 Å². The molecule has 0 bridgehead atoms. The lowest BCUT2D eigenvalue weighted by atomic mass is 10.1. The van der Waals surface area contributed by atoms with Crippen molar-refractivity contribution in [3.8, 4) is 17.5 Å². The molecule has 2 heterocycles. The minimum atomic E-state index is -0.107. The average Bonchev–Trinajstić information content (AvgIpc) is 2.92. The number of aromatic amines is 1. The van der Waals surface area contributed by atoms with Crippen molar-refractivity contribution in [3.05, 3.63) is 80.8 Å². The molecule has 138 valence electrons. The van der Waals surface area contributed by atoms with Crippen molar-refractivity contribution in [2.24, 2.45) is 0 Å². The van der Waals surface area contributed by atoms with Gasteiger partial charge in [-0.2, -0.15) is 0 Å². The first-order valence-electron chi connectivity index (χ1n) is 8.85. The van der Waals surface area contributed by atoms with Crippen molar-refractivity contribution in [2.75, 3.05) is 13.7 Å². The number of rotatable bonds is 4. The zero-order valence-electron chi connectivity index (χ0n) is 16.1. The van der Waals surface area contributed by atoms with Crippen LogP contribution in [0.4, 0.5) is 0 Å². The highest BCUT2D eigenvalue weighted by molar-refractivity contribution is 5.48. The molecule has 1 aromatic carbocycles. The predicted octanol–water partition coefficient (Wildman–Crippen LogP) is 3.07. The van der Waals surface area contributed by atoms with Crippen molar-refractivity contribution in [2.45, 2.75) is 27.2 Å². The van der Waals surface area contributed by atoms with Gasteiger partial charge >= 0.3 is 0 Å². The number of benzene rings is 1. The van der Waals surface area contributed by atoms with Crippen molar-refractivity contribution in [1.29, 1.82) is 0 Å². The van der Waals surface area contributed by atoms with E-state index in [1.807, 2.05) is 55.7 Å². The lowest BCUT2D eigenvalue weighted by Crippen LogP contribution is -2.18. The molecular weight excluding hydrogens is 338 g/mol. The number of methoxy groups -OCH3 is 1. The van der Waals surface area contributed by atoms with E-state index < -0.39 is 0 Å². The van der Waals surface area contributed by atoms with E-state index in [2.05, 4.69) is 21.8 Å². The third kappa shape index (κ3) is 4.02. The lowest BCUT2D eigenvalue weighted by molar-refractivity contribution is 0.202. The average molecular weight is 361 g/mol. The van der Waals surface area contributed by atoms with Crippen LogP contribution in [0, 0.1) is 32.6 Å². The van der Waals surface area contributed by atoms with Gasteiger partial charge in [-0.15, -0.1) is 0 Å². The van der Waals surface area contributed by atoms with Crippen LogP contribution in [-0.2, 0) is 11.2 Å². The summed E-state index contributed by atoms with van der Waals surface area (Å²) in [6.45, 7) is 6.42. The first-order valence-corrected chi connectivity index (χ1v) is 8.85. The van der Waals surface area contributed by atoms with E-state index in [1.165, 1.54) is 5.56 Å². The van der Waals surface area contributed by atoms with E-state index >= 15 is 0 Å². The van der Waals surface area contributed by atoms with Crippen LogP contribution >= 0.6 is 0 Å². The van der Waals surface area contributed by atoms with Crippen molar-refractivity contribution in [3.63, 3.8) is 0 Å². The van der Waals surface area contributed by atoms with Gasteiger partial charge in [0.25, 0.3) is 5.56 Å². The first-order chi connectivity index (χ1) is 13.0. The summed E-state index contributed by atoms with van der Waals surface area (Å²) in [5.41, 5.74) is 5.15. The molecule has 0 spiro atoms. The largest absolute Gasteiger partial charge is 0.384 e. The molecule has 2 aromatic heterocycles. The Morgan fingerprint density at radius 2 is 2.00 bits per heavy atom. The number of hydrogen-bond acceptors (Lipinski definition) is 3. The molecule has 5 nitrogen and oxygen atoms in total. The maximum absolute atomic E-state index is 12.3. The number of imidazole rings is 1. The van der Waals surface area contributed by atoms with E-state index in [0.29, 0.717) is 24.3 Å². The van der Waals surface area contributed by atoms with Crippen molar-refractivity contribution < 1.29 is 4.74 Å². The Labute approximate surface area is 159 Å². The molecule has 3 aromatic rings. The summed E-state index contributed by atoms with van der Waals surface area (Å²) in [6, 6.07) is 9.97. The van der Waals surface area contributed by atoms with Crippen LogP contribution in [0.15, 0.2) is 41.3 Å². The van der Waals surface area contributed by atoms with Crippen LogP contribution in [0.1, 0.15) is 33.9 Å². The molecule has 0 unspecified atom stereocenters. The van der Waals surface area contributed by atoms with Gasteiger partial charge in [0.05, 0.1) is 18.0 Å². The summed E-state index contributed by atoms with van der Waals surface area (Å²) >= 11 is 0. The maximum atomic E-state index is 12.3. The fraction of sp³-hybridized carbons (Fsp3) is 0.273. The summed E-state index contributed by atoms with van der Waals surface area (Å²) in [5.74, 6) is 7.15. The van der Waals surface area contributed by atoms with Gasteiger partial charge < -0.3 is 9.72 Å². The molecular formula is C22H23N3O2. The molecule has 0 aliphatic carbocycles. The third-order valence-corrected chi connectivity index (χ3v) is 4.45. The second kappa shape index (κ2) is 8.07. The summed E-state index contributed by atoms with van der Waals surface area (Å²) in [4.78, 5) is 19.7. The number of aryl methyl sites for hydroxylation is 2. The Hall–Kier alpha value is -3.10. The monoisotopic (exact) mass is 361 g/mol. The standard InChI is InChI=1S/C22H23N3O2/c1-15-6-5-7-18(14-15)8-9-20-16(2)25(17(3)24-20)21-10-12-23-22(26)19(21)11-13-27-4/h5-7,10,12,14H,11,13H2,1-4H3,(H,23,26). The summed E-state index contributed by atoms with van der Waals surface area (Å²) in [6.07, 6.45) is 2.19. The van der Waals surface area contributed by atoms with E-state index in [1.54, 1.807) is 13.3 Å². The van der Waals surface area contributed by atoms with E-state index in [4.69, 9.17) is 4.74 Å². The molecule has 5 heteroatoms. The predicted molar refractivity (Wildman–Crippen MR) is 106 cm³/mol. The normalized spacial score (nSPS) is 10.5. The molecule has 0 amide bonds. The number of ether oxygens (including phenoxy) is 1. The second-order valence-electron chi connectivity index (χ2n) is 6.46. The molecule has 0 aliphatic heterocycles. The van der Waals surface area contributed by atoms with Crippen LogP contribution in [0.3, 0.4) is 0 Å². The number of aromatic nitrogens is 3. The Balaban J connectivity index is 2.06. The molecule has 0 saturated carbocycles. The number of nitrogens with zero attached hydrogens (tertiary/aromatic N) is 2. The van der Waals surface area contributed by atoms with E-state index in [0.717, 1.165) is 22.8 Å². The van der Waals surface area contributed by atoms with Gasteiger partial charge in [-0.25, -0.2) is 4.98 Å². The maximum Gasteiger partial charge on any atom is 0.253 e. The summed E-state index contributed by atoms with van der Waals surface area (Å²) < 4.78 is 7.14. The fourth-order valence-electron chi connectivity index (χ4n) is 3.12. The number of hydrogen-bond donors (Lipinski definition) is 1. The molecule has 0 atom stereocenters. The van der Waals surface area contributed by atoms with Crippen LogP contribution in [0.5, 0.6) is 0 Å². The highest BCUT2D eigenvalue weighted by Crippen LogP contribution is 2.19. The van der Waals surface area contributed by atoms with Crippen LogP contribution < -0.4 is 5.56 Å². The Morgan fingerprint density at radius 3 is 2.74 bits per heavy atom. The van der Waals surface area contributed by atoms with Crippen molar-refractivity contribution in [1.82, 2.24) is 14.5 Å². The molecule has 0 radical (unpaired) electrons. The van der Waals surface area contributed by atoms with Crippen molar-refractivity contribution >= 4 is 0 Å². The Morgan fingerprint density at radius 1 is 1.19 bits per heavy atom. The Kier molecular flexibility index (Phi) is 5.58. The highest BCUT2D eigenvalue weighted by Gasteiger charge is 2.16. The van der Waals surface area contributed by atoms with E-state index in [-0.39, 0.29) is 5.56 Å². The summed E-state index contributed by atoms with van der Waals surface area (Å²) in [7, 11) is 1.63. The van der Waals surface area contributed by atoms with Gasteiger partial charge in [0, 0.05) is 30.9 Å². The molecule has 1 N–H and O–H groups in total. The van der Waals surface area contributed by atoms with Gasteiger partial charge in [-0.1, -0.05) is 18.1 Å². The topological polar surface area (TPSA) is 59.9 Å². The number of pyridine rings is 1. The fourth-order valence-corrected chi connectivity index (χ4v) is 3.12. The Bertz CT molecular complexity index is 1080. The molecule has 0 aliphatic rings. The first kappa shape index (κ1) is 18.7. The highest BCUT2D eigenvalue weighted by atomic mass is 16.5. The minimum Gasteiger partial charge on any atom is -0.384 e. The zero-order chi connectivity index (χ0) is 19.4. The lowest BCUT2D eigenvalue weighted by Gasteiger charge is -2.12. The SMILES string of the molecule is COCCc1c(-n2c(C)nc(C#Cc3cccc(C)c3)c2C)cc[nH]c1=O. The number of nitrogens with one attached hydrogen (secondary N) is 1. The van der Waals surface area contributed by atoms with Gasteiger partial charge in [-0.3, -0.25) is 9.36 Å². The molecule has 0 saturated heterocycles. The second-order valence-corrected chi connectivity index (χ2v) is 6.46. The number of H-pyrrole nitrogens is 1. The van der Waals surface area contributed by atoms with Crippen LogP contribution in [0.25, 0.3) is 5.69 Å². The quantitative estimate of drug-likeness (QED) is 0.727. The van der Waals surface area contributed by atoms with Crippen LogP contribution in [0.2, 0.25) is 0 Å². The minimum absolute atomic E-state index is 0.107. The molecule has 3 rings (SSSR count). The zero-order valence-corrected chi connectivity index (χ0v) is 16.1. The third-order valence-electron chi connectivity index (χ3n) is 4.45. The van der Waals surface area contributed by atoms with Gasteiger partial charge in [0.15, 0.2) is 0 Å². The van der Waals surface area contributed by atoms with Gasteiger partial charge in [0.1, 0.15) is 11.5 Å². The smallest absolute Gasteiger partial charge is 0.253 e. The van der Waals surface area contributed by atoms with E-state index in [9.17, 15) is 4.79 Å². The molecule has 27 heavy (non-hydrogen) atoms. The van der Waals surface area contributed by atoms with Gasteiger partial charge in [0.2, 0.25) is 0 Å². The molecule has 0 fully saturated rings.